The van der Waals surface area contributed by atoms with Crippen molar-refractivity contribution in [3.05, 3.63) is 74.5 Å². The molecule has 0 saturated heterocycles. The maximum absolute atomic E-state index is 12.9. The number of nitrogens with zero attached hydrogens (tertiary/aromatic N) is 2. The lowest BCUT2D eigenvalue weighted by Crippen LogP contribution is -2.31. The monoisotopic (exact) mass is 539 g/mol. The molecule has 0 spiro atoms. The molecule has 2 N–H and O–H groups in total. The molecule has 0 amide bonds. The second-order valence-corrected chi connectivity index (χ2v) is 12.4. The number of aryl methyl sites for hydroxylation is 1. The van der Waals surface area contributed by atoms with E-state index >= 15 is 0 Å². The Morgan fingerprint density at radius 2 is 1.88 bits per heavy atom. The molecule has 4 aromatic rings. The number of aromatic nitrogens is 2. The molecule has 0 aliphatic rings. The van der Waals surface area contributed by atoms with E-state index in [-0.39, 0.29) is 5.75 Å². The first-order valence-electron chi connectivity index (χ1n) is 9.62. The van der Waals surface area contributed by atoms with Gasteiger partial charge in [-0.3, -0.25) is 4.21 Å². The van der Waals surface area contributed by atoms with E-state index in [1.54, 1.807) is 41.0 Å². The summed E-state index contributed by atoms with van der Waals surface area (Å²) in [6.07, 6.45) is 0.351. The fourth-order valence-corrected chi connectivity index (χ4v) is 7.13. The molecule has 2 atom stereocenters. The molecule has 1 aromatic carbocycles. The lowest BCUT2D eigenvalue weighted by molar-refractivity contribution is 0.542. The minimum atomic E-state index is -3.69. The maximum Gasteiger partial charge on any atom is 0.217 e. The number of thiophene rings is 1. The standard InChI is InChI=1S/C20H20N4O4S5/c1-13-21-16(10-30-13)12-33(27,28)24-17(9-14-4-6-15(7-5-14)23-32(25)26)18-11-31-20(22-18)19-3-2-8-29-19/h2-8,10-11,17,23-24H,9,12H2,1H3,(H,25,26)/p-1/t17-/m0/s1. The molecule has 0 aliphatic carbocycles. The van der Waals surface area contributed by atoms with Crippen molar-refractivity contribution in [2.45, 2.75) is 25.1 Å². The summed E-state index contributed by atoms with van der Waals surface area (Å²) in [5.41, 5.74) is 2.39. The summed E-state index contributed by atoms with van der Waals surface area (Å²) >= 11 is 2.03. The smallest absolute Gasteiger partial charge is 0.217 e. The van der Waals surface area contributed by atoms with E-state index in [1.165, 1.54) is 22.7 Å². The van der Waals surface area contributed by atoms with Crippen molar-refractivity contribution >= 4 is 61.0 Å². The van der Waals surface area contributed by atoms with Crippen LogP contribution in [0.3, 0.4) is 0 Å². The summed E-state index contributed by atoms with van der Waals surface area (Å²) in [5, 5.41) is 7.22. The van der Waals surface area contributed by atoms with Crippen LogP contribution in [-0.2, 0) is 33.5 Å². The molecule has 3 heterocycles. The molecule has 0 saturated carbocycles. The third kappa shape index (κ3) is 6.76. The predicted octanol–water partition coefficient (Wildman–Crippen LogP) is 4.25. The molecular formula is C20H19N4O4S5-. The van der Waals surface area contributed by atoms with E-state index in [4.69, 9.17) is 4.98 Å². The van der Waals surface area contributed by atoms with Gasteiger partial charge in [0.15, 0.2) is 0 Å². The SMILES string of the molecule is Cc1nc(CS(=O)(=O)N[C@@H](Cc2ccc(NS(=O)[O-])cc2)c2csc(-c3cccs3)n2)cs1. The van der Waals surface area contributed by atoms with Gasteiger partial charge in [-0.15, -0.1) is 34.0 Å². The van der Waals surface area contributed by atoms with Crippen molar-refractivity contribution in [3.8, 4) is 9.88 Å². The third-order valence-corrected chi connectivity index (χ3v) is 8.98. The fraction of sp³-hybridized carbons (Fsp3) is 0.200. The molecule has 0 radical (unpaired) electrons. The number of benzene rings is 1. The largest absolute Gasteiger partial charge is 0.755 e. The summed E-state index contributed by atoms with van der Waals surface area (Å²) in [4.78, 5) is 9.98. The molecule has 0 bridgehead atoms. The Morgan fingerprint density at radius 1 is 1.09 bits per heavy atom. The van der Waals surface area contributed by atoms with Crippen LogP contribution in [-0.4, -0.2) is 27.1 Å². The Morgan fingerprint density at radius 3 is 2.52 bits per heavy atom. The van der Waals surface area contributed by atoms with Crippen molar-refractivity contribution in [1.29, 1.82) is 0 Å². The van der Waals surface area contributed by atoms with Crippen LogP contribution < -0.4 is 9.44 Å². The highest BCUT2D eigenvalue weighted by molar-refractivity contribution is 7.88. The highest BCUT2D eigenvalue weighted by Gasteiger charge is 2.24. The van der Waals surface area contributed by atoms with E-state index in [9.17, 15) is 17.2 Å². The van der Waals surface area contributed by atoms with Gasteiger partial charge in [0.25, 0.3) is 0 Å². The number of anilines is 1. The van der Waals surface area contributed by atoms with Crippen molar-refractivity contribution < 1.29 is 17.2 Å². The quantitative estimate of drug-likeness (QED) is 0.290. The van der Waals surface area contributed by atoms with Crippen LogP contribution in [0.15, 0.2) is 52.5 Å². The van der Waals surface area contributed by atoms with Crippen LogP contribution >= 0.6 is 34.0 Å². The molecular weight excluding hydrogens is 521 g/mol. The number of nitrogens with one attached hydrogen (secondary N) is 2. The van der Waals surface area contributed by atoms with E-state index in [2.05, 4.69) is 14.4 Å². The van der Waals surface area contributed by atoms with Crippen LogP contribution in [0.4, 0.5) is 5.69 Å². The third-order valence-electron chi connectivity index (χ3n) is 4.53. The van der Waals surface area contributed by atoms with Crippen LogP contribution in [0.25, 0.3) is 9.88 Å². The van der Waals surface area contributed by atoms with Gasteiger partial charge in [0, 0.05) is 27.7 Å². The number of thiazole rings is 2. The summed E-state index contributed by atoms with van der Waals surface area (Å²) < 4.78 is 52.6. The first-order valence-corrected chi connectivity index (χ1v) is 15.0. The lowest BCUT2D eigenvalue weighted by atomic mass is 10.0. The molecule has 0 aliphatic heterocycles. The Balaban J connectivity index is 1.58. The Labute approximate surface area is 206 Å². The molecule has 8 nitrogen and oxygen atoms in total. The Kier molecular flexibility index (Phi) is 7.69. The lowest BCUT2D eigenvalue weighted by Gasteiger charge is -2.17. The fourth-order valence-electron chi connectivity index (χ4n) is 3.13. The van der Waals surface area contributed by atoms with Gasteiger partial charge >= 0.3 is 0 Å². The molecule has 3 aromatic heterocycles. The normalized spacial score (nSPS) is 13.6. The molecule has 33 heavy (non-hydrogen) atoms. The van der Waals surface area contributed by atoms with E-state index in [1.807, 2.05) is 29.8 Å². The van der Waals surface area contributed by atoms with Crippen molar-refractivity contribution in [3.63, 3.8) is 0 Å². The van der Waals surface area contributed by atoms with Gasteiger partial charge in [-0.2, -0.15) is 0 Å². The van der Waals surface area contributed by atoms with Crippen molar-refractivity contribution in [1.82, 2.24) is 14.7 Å². The van der Waals surface area contributed by atoms with Gasteiger partial charge < -0.3 is 9.27 Å². The van der Waals surface area contributed by atoms with E-state index in [0.717, 1.165) is 20.5 Å². The molecule has 174 valence electrons. The molecule has 1 unspecified atom stereocenters. The highest BCUT2D eigenvalue weighted by Crippen LogP contribution is 2.31. The summed E-state index contributed by atoms with van der Waals surface area (Å²) in [7, 11) is -3.69. The first kappa shape index (κ1) is 24.1. The summed E-state index contributed by atoms with van der Waals surface area (Å²) in [6, 6.07) is 10.1. The average molecular weight is 540 g/mol. The van der Waals surface area contributed by atoms with E-state index < -0.39 is 27.3 Å². The summed E-state index contributed by atoms with van der Waals surface area (Å²) in [6.45, 7) is 1.83. The molecule has 0 fully saturated rings. The van der Waals surface area contributed by atoms with Gasteiger partial charge in [0.05, 0.1) is 27.3 Å². The zero-order valence-corrected chi connectivity index (χ0v) is 21.3. The van der Waals surface area contributed by atoms with Crippen LogP contribution in [0.5, 0.6) is 0 Å². The van der Waals surface area contributed by atoms with Gasteiger partial charge in [-0.05, 0) is 42.5 Å². The highest BCUT2D eigenvalue weighted by atomic mass is 32.2. The van der Waals surface area contributed by atoms with Crippen molar-refractivity contribution in [2.75, 3.05) is 4.72 Å². The zero-order valence-electron chi connectivity index (χ0n) is 17.3. The number of sulfonamides is 1. The first-order chi connectivity index (χ1) is 15.8. The van der Waals surface area contributed by atoms with Gasteiger partial charge in [0.2, 0.25) is 10.0 Å². The predicted molar refractivity (Wildman–Crippen MR) is 133 cm³/mol. The second-order valence-electron chi connectivity index (χ2n) is 7.08. The van der Waals surface area contributed by atoms with Crippen LogP contribution in [0, 0.1) is 6.92 Å². The Hall–Kier alpha value is -2.00. The van der Waals surface area contributed by atoms with Crippen molar-refractivity contribution in [2.24, 2.45) is 0 Å². The minimum Gasteiger partial charge on any atom is -0.755 e. The van der Waals surface area contributed by atoms with Crippen LogP contribution in [0.1, 0.15) is 28.0 Å². The van der Waals surface area contributed by atoms with Crippen LogP contribution in [0.2, 0.25) is 0 Å². The number of rotatable bonds is 10. The van der Waals surface area contributed by atoms with Gasteiger partial charge in [-0.25, -0.2) is 23.1 Å². The number of hydrogen-bond acceptors (Lipinski definition) is 9. The maximum atomic E-state index is 12.9. The zero-order chi connectivity index (χ0) is 23.4. The molecule has 13 heteroatoms. The number of hydrogen-bond donors (Lipinski definition) is 2. The van der Waals surface area contributed by atoms with E-state index in [0.29, 0.717) is 23.5 Å². The second kappa shape index (κ2) is 10.5. The Bertz CT molecular complexity index is 1330. The average Bonchev–Trinajstić information content (AvgIpc) is 3.49. The summed E-state index contributed by atoms with van der Waals surface area (Å²) in [5.74, 6) is -0.214. The topological polar surface area (TPSA) is 124 Å². The van der Waals surface area contributed by atoms with Gasteiger partial charge in [0.1, 0.15) is 10.8 Å². The minimum absolute atomic E-state index is 0.214. The molecule has 4 rings (SSSR count). The van der Waals surface area contributed by atoms with Gasteiger partial charge in [-0.1, -0.05) is 18.2 Å².